The number of nitrogens with zero attached hydrogens (tertiary/aromatic N) is 1. The average molecular weight is 458 g/mol. The fourth-order valence-corrected chi connectivity index (χ4v) is 3.81. The van der Waals surface area contributed by atoms with Gasteiger partial charge in [-0.25, -0.2) is 0 Å². The highest BCUT2D eigenvalue weighted by molar-refractivity contribution is 9.10. The maximum absolute atomic E-state index is 12.5. The van der Waals surface area contributed by atoms with Crippen molar-refractivity contribution in [2.75, 3.05) is 20.3 Å². The number of imide groups is 1. The number of carbonyl (C=O) groups excluding carboxylic acids is 3. The van der Waals surface area contributed by atoms with Gasteiger partial charge >= 0.3 is 5.97 Å². The zero-order chi connectivity index (χ0) is 20.1. The monoisotopic (exact) mass is 457 g/mol. The van der Waals surface area contributed by atoms with Crippen molar-refractivity contribution in [1.82, 2.24) is 4.90 Å². The second-order valence-electron chi connectivity index (χ2n) is 5.77. The Bertz CT molecular complexity index is 792. The van der Waals surface area contributed by atoms with Gasteiger partial charge in [-0.1, -0.05) is 0 Å². The van der Waals surface area contributed by atoms with E-state index in [9.17, 15) is 14.4 Å². The number of esters is 1. The van der Waals surface area contributed by atoms with E-state index in [1.165, 1.54) is 7.11 Å². The summed E-state index contributed by atoms with van der Waals surface area (Å²) in [6.07, 6.45) is 1.26. The highest BCUT2D eigenvalue weighted by atomic mass is 79.9. The summed E-state index contributed by atoms with van der Waals surface area (Å²) in [5, 5.41) is -0.510. The smallest absolute Gasteiger partial charge is 0.326 e. The van der Waals surface area contributed by atoms with Crippen LogP contribution in [0.15, 0.2) is 21.5 Å². The Balaban J connectivity index is 2.26. The molecule has 1 aliphatic rings. The summed E-state index contributed by atoms with van der Waals surface area (Å²) < 4.78 is 16.5. The lowest BCUT2D eigenvalue weighted by molar-refractivity contribution is -0.149. The number of benzene rings is 1. The van der Waals surface area contributed by atoms with Crippen LogP contribution in [0.25, 0.3) is 6.08 Å². The summed E-state index contributed by atoms with van der Waals surface area (Å²) >= 11 is 4.18. The second-order valence-corrected chi connectivity index (χ2v) is 7.62. The standard InChI is InChI=1S/C18H20BrNO6S/c1-5-25-13-7-11(6-12(19)16(13)24-4)8-14-17(22)20(18(23)27-14)9-15(21)26-10(2)3/h6-8,10H,5,9H2,1-4H3/b14-8+. The lowest BCUT2D eigenvalue weighted by atomic mass is 10.2. The minimum Gasteiger partial charge on any atom is -0.492 e. The Kier molecular flexibility index (Phi) is 7.32. The van der Waals surface area contributed by atoms with Gasteiger partial charge in [-0.15, -0.1) is 0 Å². The van der Waals surface area contributed by atoms with E-state index in [1.807, 2.05) is 6.92 Å². The molecule has 0 N–H and O–H groups in total. The fraction of sp³-hybridized carbons (Fsp3) is 0.389. The van der Waals surface area contributed by atoms with Crippen LogP contribution < -0.4 is 9.47 Å². The van der Waals surface area contributed by atoms with Crippen LogP contribution >= 0.6 is 27.7 Å². The second kappa shape index (κ2) is 9.27. The summed E-state index contributed by atoms with van der Waals surface area (Å²) in [7, 11) is 1.53. The summed E-state index contributed by atoms with van der Waals surface area (Å²) in [6.45, 7) is 5.28. The maximum atomic E-state index is 12.5. The van der Waals surface area contributed by atoms with Crippen molar-refractivity contribution in [2.45, 2.75) is 26.9 Å². The molecule has 9 heteroatoms. The molecule has 1 aromatic rings. The Morgan fingerprint density at radius 2 is 2.04 bits per heavy atom. The van der Waals surface area contributed by atoms with Gasteiger partial charge in [0.2, 0.25) is 0 Å². The summed E-state index contributed by atoms with van der Waals surface area (Å²) in [6, 6.07) is 3.47. The number of amides is 2. The molecule has 0 aliphatic carbocycles. The number of carbonyl (C=O) groups is 3. The van der Waals surface area contributed by atoms with Gasteiger partial charge in [0.05, 0.1) is 29.2 Å². The third kappa shape index (κ3) is 5.26. The SMILES string of the molecule is CCOc1cc(/C=C2/SC(=O)N(CC(=O)OC(C)C)C2=O)cc(Br)c1OC. The molecule has 7 nitrogen and oxygen atoms in total. The minimum atomic E-state index is -0.626. The highest BCUT2D eigenvalue weighted by Crippen LogP contribution is 2.39. The van der Waals surface area contributed by atoms with Gasteiger partial charge in [-0.3, -0.25) is 19.3 Å². The molecule has 0 atom stereocenters. The largest absolute Gasteiger partial charge is 0.492 e. The molecule has 0 unspecified atom stereocenters. The molecule has 1 aliphatic heterocycles. The van der Waals surface area contributed by atoms with Gasteiger partial charge in [-0.2, -0.15) is 0 Å². The molecule has 1 aromatic carbocycles. The van der Waals surface area contributed by atoms with Crippen LogP contribution in [-0.2, 0) is 14.3 Å². The Labute approximate surface area is 170 Å². The number of halogens is 1. The van der Waals surface area contributed by atoms with E-state index >= 15 is 0 Å². The normalized spacial score (nSPS) is 15.6. The first-order chi connectivity index (χ1) is 12.8. The van der Waals surface area contributed by atoms with Crippen LogP contribution in [0.3, 0.4) is 0 Å². The van der Waals surface area contributed by atoms with E-state index in [0.717, 1.165) is 16.7 Å². The molecule has 1 saturated heterocycles. The molecule has 0 bridgehead atoms. The average Bonchev–Trinajstić information content (AvgIpc) is 2.82. The third-order valence-electron chi connectivity index (χ3n) is 3.36. The van der Waals surface area contributed by atoms with E-state index in [4.69, 9.17) is 14.2 Å². The highest BCUT2D eigenvalue weighted by Gasteiger charge is 2.36. The Morgan fingerprint density at radius 1 is 1.33 bits per heavy atom. The van der Waals surface area contributed by atoms with E-state index in [0.29, 0.717) is 28.1 Å². The zero-order valence-corrected chi connectivity index (χ0v) is 17.8. The van der Waals surface area contributed by atoms with E-state index in [1.54, 1.807) is 32.1 Å². The topological polar surface area (TPSA) is 82.1 Å². The lowest BCUT2D eigenvalue weighted by Gasteiger charge is -2.13. The van der Waals surface area contributed by atoms with Crippen LogP contribution in [0.1, 0.15) is 26.3 Å². The summed E-state index contributed by atoms with van der Waals surface area (Å²) in [5.74, 6) is -0.103. The minimum absolute atomic E-state index is 0.219. The van der Waals surface area contributed by atoms with Gasteiger partial charge in [0.25, 0.3) is 11.1 Å². The van der Waals surface area contributed by atoms with E-state index in [-0.39, 0.29) is 11.0 Å². The van der Waals surface area contributed by atoms with Crippen molar-refractivity contribution in [3.8, 4) is 11.5 Å². The summed E-state index contributed by atoms with van der Waals surface area (Å²) in [5.41, 5.74) is 0.654. The quantitative estimate of drug-likeness (QED) is 0.454. The first kappa shape index (κ1) is 21.3. The van der Waals surface area contributed by atoms with Gasteiger partial charge in [0.1, 0.15) is 6.54 Å². The third-order valence-corrected chi connectivity index (χ3v) is 4.86. The fourth-order valence-electron chi connectivity index (χ4n) is 2.35. The van der Waals surface area contributed by atoms with Crippen LogP contribution in [0.4, 0.5) is 4.79 Å². The zero-order valence-electron chi connectivity index (χ0n) is 15.4. The Morgan fingerprint density at radius 3 is 2.63 bits per heavy atom. The number of thioether (sulfide) groups is 1. The van der Waals surface area contributed by atoms with E-state index < -0.39 is 23.7 Å². The van der Waals surface area contributed by atoms with Crippen LogP contribution in [0.2, 0.25) is 0 Å². The van der Waals surface area contributed by atoms with E-state index in [2.05, 4.69) is 15.9 Å². The number of hydrogen-bond donors (Lipinski definition) is 0. The van der Waals surface area contributed by atoms with Crippen molar-refractivity contribution in [3.05, 3.63) is 27.1 Å². The van der Waals surface area contributed by atoms with Crippen molar-refractivity contribution >= 4 is 50.9 Å². The molecule has 1 fully saturated rings. The molecule has 146 valence electrons. The number of ether oxygens (including phenoxy) is 3. The molecular formula is C18H20BrNO6S. The molecule has 0 spiro atoms. The molecule has 0 aromatic heterocycles. The molecular weight excluding hydrogens is 438 g/mol. The van der Waals surface area contributed by atoms with Crippen LogP contribution in [0.5, 0.6) is 11.5 Å². The summed E-state index contributed by atoms with van der Waals surface area (Å²) in [4.78, 5) is 37.5. The molecule has 1 heterocycles. The lowest BCUT2D eigenvalue weighted by Crippen LogP contribution is -2.35. The Hall–Kier alpha value is -2.00. The van der Waals surface area contributed by atoms with Crippen molar-refractivity contribution < 1.29 is 28.6 Å². The predicted molar refractivity (Wildman–Crippen MR) is 106 cm³/mol. The maximum Gasteiger partial charge on any atom is 0.326 e. The van der Waals surface area contributed by atoms with Gasteiger partial charge in [-0.05, 0) is 72.2 Å². The van der Waals surface area contributed by atoms with Crippen LogP contribution in [0, 0.1) is 0 Å². The van der Waals surface area contributed by atoms with Crippen molar-refractivity contribution in [3.63, 3.8) is 0 Å². The predicted octanol–water partition coefficient (Wildman–Crippen LogP) is 3.84. The van der Waals surface area contributed by atoms with Gasteiger partial charge in [0, 0.05) is 0 Å². The van der Waals surface area contributed by atoms with Gasteiger partial charge in [0.15, 0.2) is 11.5 Å². The molecule has 0 radical (unpaired) electrons. The number of hydrogen-bond acceptors (Lipinski definition) is 7. The molecule has 2 rings (SSSR count). The molecule has 27 heavy (non-hydrogen) atoms. The molecule has 0 saturated carbocycles. The first-order valence-corrected chi connectivity index (χ1v) is 9.82. The molecule has 2 amide bonds. The number of rotatable bonds is 7. The van der Waals surface area contributed by atoms with Crippen LogP contribution in [-0.4, -0.2) is 48.4 Å². The first-order valence-electron chi connectivity index (χ1n) is 8.22. The van der Waals surface area contributed by atoms with Crippen molar-refractivity contribution in [2.24, 2.45) is 0 Å². The van der Waals surface area contributed by atoms with Gasteiger partial charge < -0.3 is 14.2 Å². The van der Waals surface area contributed by atoms with Crippen molar-refractivity contribution in [1.29, 1.82) is 0 Å². The number of methoxy groups -OCH3 is 1.